The second-order valence-corrected chi connectivity index (χ2v) is 4.99. The Labute approximate surface area is 127 Å². The maximum Gasteiger partial charge on any atom is 0.258 e. The first-order valence-electron chi connectivity index (χ1n) is 7.12. The summed E-state index contributed by atoms with van der Waals surface area (Å²) in [4.78, 5) is 16.8. The SMILES string of the molecule is CCCn1nnnc1NC(=O)c1ccc2cccnc2c1C. The van der Waals surface area contributed by atoms with Gasteiger partial charge < -0.3 is 0 Å². The molecule has 0 radical (unpaired) electrons. The number of aromatic nitrogens is 5. The number of rotatable bonds is 4. The first kappa shape index (κ1) is 14.1. The molecule has 112 valence electrons. The number of carbonyl (C=O) groups is 1. The molecular weight excluding hydrogens is 280 g/mol. The molecule has 1 N–H and O–H groups in total. The number of carbonyl (C=O) groups excluding carboxylic acids is 1. The summed E-state index contributed by atoms with van der Waals surface area (Å²) < 4.78 is 1.58. The van der Waals surface area contributed by atoms with E-state index in [4.69, 9.17) is 0 Å². The van der Waals surface area contributed by atoms with Gasteiger partial charge >= 0.3 is 0 Å². The quantitative estimate of drug-likeness (QED) is 0.797. The number of pyridine rings is 1. The Morgan fingerprint density at radius 2 is 2.18 bits per heavy atom. The third-order valence-electron chi connectivity index (χ3n) is 3.46. The summed E-state index contributed by atoms with van der Waals surface area (Å²) in [6.07, 6.45) is 2.60. The third kappa shape index (κ3) is 2.52. The molecule has 0 saturated carbocycles. The molecule has 22 heavy (non-hydrogen) atoms. The fraction of sp³-hybridized carbons (Fsp3) is 0.267. The second-order valence-electron chi connectivity index (χ2n) is 4.99. The maximum atomic E-state index is 12.5. The van der Waals surface area contributed by atoms with Gasteiger partial charge in [-0.1, -0.05) is 24.2 Å². The Hall–Kier alpha value is -2.83. The van der Waals surface area contributed by atoms with Crippen LogP contribution in [0.15, 0.2) is 30.5 Å². The van der Waals surface area contributed by atoms with Crippen molar-refractivity contribution in [3.05, 3.63) is 41.6 Å². The molecule has 3 aromatic rings. The normalized spacial score (nSPS) is 10.8. The molecule has 0 bridgehead atoms. The smallest absolute Gasteiger partial charge is 0.258 e. The molecule has 0 unspecified atom stereocenters. The van der Waals surface area contributed by atoms with Crippen LogP contribution >= 0.6 is 0 Å². The average molecular weight is 296 g/mol. The first-order chi connectivity index (χ1) is 10.7. The Bertz CT molecular complexity index is 826. The minimum absolute atomic E-state index is 0.239. The number of tetrazole rings is 1. The fourth-order valence-electron chi connectivity index (χ4n) is 2.36. The molecule has 2 aromatic heterocycles. The highest BCUT2D eigenvalue weighted by atomic mass is 16.1. The molecule has 0 atom stereocenters. The topological polar surface area (TPSA) is 85.6 Å². The van der Waals surface area contributed by atoms with Gasteiger partial charge in [-0.2, -0.15) is 0 Å². The lowest BCUT2D eigenvalue weighted by Gasteiger charge is -2.09. The van der Waals surface area contributed by atoms with Crippen molar-refractivity contribution in [2.75, 3.05) is 5.32 Å². The molecule has 1 aromatic carbocycles. The van der Waals surface area contributed by atoms with E-state index in [-0.39, 0.29) is 5.91 Å². The summed E-state index contributed by atoms with van der Waals surface area (Å²) in [6.45, 7) is 4.56. The van der Waals surface area contributed by atoms with E-state index in [0.29, 0.717) is 18.1 Å². The monoisotopic (exact) mass is 296 g/mol. The molecule has 7 nitrogen and oxygen atoms in total. The molecule has 0 aliphatic heterocycles. The number of aryl methyl sites for hydroxylation is 2. The summed E-state index contributed by atoms with van der Waals surface area (Å²) >= 11 is 0. The number of hydrogen-bond acceptors (Lipinski definition) is 5. The number of nitrogens with zero attached hydrogens (tertiary/aromatic N) is 5. The molecule has 2 heterocycles. The molecule has 0 fully saturated rings. The van der Waals surface area contributed by atoms with E-state index >= 15 is 0 Å². The van der Waals surface area contributed by atoms with Crippen molar-refractivity contribution in [3.8, 4) is 0 Å². The van der Waals surface area contributed by atoms with Crippen LogP contribution in [0.4, 0.5) is 5.95 Å². The van der Waals surface area contributed by atoms with Crippen LogP contribution in [-0.2, 0) is 6.54 Å². The van der Waals surface area contributed by atoms with Gasteiger partial charge in [0.1, 0.15) is 0 Å². The van der Waals surface area contributed by atoms with E-state index in [0.717, 1.165) is 22.9 Å². The summed E-state index contributed by atoms with van der Waals surface area (Å²) in [5.41, 5.74) is 2.23. The Morgan fingerprint density at radius 1 is 1.32 bits per heavy atom. The van der Waals surface area contributed by atoms with Gasteiger partial charge in [-0.25, -0.2) is 4.68 Å². The van der Waals surface area contributed by atoms with Gasteiger partial charge in [-0.05, 0) is 41.5 Å². The summed E-state index contributed by atoms with van der Waals surface area (Å²) in [5, 5.41) is 15.1. The van der Waals surface area contributed by atoms with Crippen LogP contribution in [0.5, 0.6) is 0 Å². The van der Waals surface area contributed by atoms with E-state index in [2.05, 4.69) is 25.8 Å². The highest BCUT2D eigenvalue weighted by Gasteiger charge is 2.15. The minimum Gasteiger partial charge on any atom is -0.289 e. The molecule has 1 amide bonds. The predicted molar refractivity (Wildman–Crippen MR) is 82.5 cm³/mol. The van der Waals surface area contributed by atoms with Crippen molar-refractivity contribution in [1.82, 2.24) is 25.2 Å². The zero-order valence-electron chi connectivity index (χ0n) is 12.4. The van der Waals surface area contributed by atoms with Crippen molar-refractivity contribution in [3.63, 3.8) is 0 Å². The largest absolute Gasteiger partial charge is 0.289 e. The minimum atomic E-state index is -0.239. The summed E-state index contributed by atoms with van der Waals surface area (Å²) in [7, 11) is 0. The molecule has 7 heteroatoms. The number of amides is 1. The van der Waals surface area contributed by atoms with Gasteiger partial charge in [0.15, 0.2) is 0 Å². The highest BCUT2D eigenvalue weighted by Crippen LogP contribution is 2.20. The lowest BCUT2D eigenvalue weighted by molar-refractivity contribution is 0.102. The highest BCUT2D eigenvalue weighted by molar-refractivity contribution is 6.07. The third-order valence-corrected chi connectivity index (χ3v) is 3.46. The molecule has 3 rings (SSSR count). The van der Waals surface area contributed by atoms with E-state index in [9.17, 15) is 4.79 Å². The Morgan fingerprint density at radius 3 is 3.00 bits per heavy atom. The van der Waals surface area contributed by atoms with Crippen LogP contribution in [0, 0.1) is 6.92 Å². The van der Waals surface area contributed by atoms with Crippen molar-refractivity contribution in [2.24, 2.45) is 0 Å². The lowest BCUT2D eigenvalue weighted by atomic mass is 10.0. The average Bonchev–Trinajstić information content (AvgIpc) is 2.95. The molecule has 0 saturated heterocycles. The van der Waals surface area contributed by atoms with Crippen LogP contribution in [-0.4, -0.2) is 31.1 Å². The van der Waals surface area contributed by atoms with Gasteiger partial charge in [-0.15, -0.1) is 0 Å². The van der Waals surface area contributed by atoms with Crippen molar-refractivity contribution in [1.29, 1.82) is 0 Å². The zero-order chi connectivity index (χ0) is 15.5. The predicted octanol–water partition coefficient (Wildman–Crippen LogP) is 2.19. The van der Waals surface area contributed by atoms with Crippen LogP contribution in [0.1, 0.15) is 29.3 Å². The maximum absolute atomic E-state index is 12.5. The standard InChI is InChI=1S/C15H16N6O/c1-3-9-21-15(18-19-20-21)17-14(22)12-7-6-11-5-4-8-16-13(11)10(12)2/h4-8H,3,9H2,1-2H3,(H,17,18,20,22). The van der Waals surface area contributed by atoms with Gasteiger partial charge in [0, 0.05) is 23.7 Å². The first-order valence-corrected chi connectivity index (χ1v) is 7.12. The zero-order valence-corrected chi connectivity index (χ0v) is 12.4. The Kier molecular flexibility index (Phi) is 3.78. The Balaban J connectivity index is 1.92. The van der Waals surface area contributed by atoms with Crippen LogP contribution in [0.2, 0.25) is 0 Å². The van der Waals surface area contributed by atoms with Crippen molar-refractivity contribution in [2.45, 2.75) is 26.8 Å². The molecule has 0 spiro atoms. The number of benzene rings is 1. The molecule has 0 aliphatic rings. The molecular formula is C15H16N6O. The summed E-state index contributed by atoms with van der Waals surface area (Å²) in [6, 6.07) is 7.53. The van der Waals surface area contributed by atoms with Crippen LogP contribution < -0.4 is 5.32 Å². The van der Waals surface area contributed by atoms with E-state index in [1.54, 1.807) is 16.9 Å². The van der Waals surface area contributed by atoms with E-state index in [1.807, 2.05) is 32.0 Å². The number of anilines is 1. The van der Waals surface area contributed by atoms with E-state index in [1.165, 1.54) is 0 Å². The number of hydrogen-bond donors (Lipinski definition) is 1. The van der Waals surface area contributed by atoms with Gasteiger partial charge in [0.2, 0.25) is 5.95 Å². The van der Waals surface area contributed by atoms with Crippen LogP contribution in [0.3, 0.4) is 0 Å². The number of nitrogens with one attached hydrogen (secondary N) is 1. The van der Waals surface area contributed by atoms with Gasteiger partial charge in [0.05, 0.1) is 5.52 Å². The fourth-order valence-corrected chi connectivity index (χ4v) is 2.36. The van der Waals surface area contributed by atoms with Crippen molar-refractivity contribution >= 4 is 22.8 Å². The molecule has 0 aliphatic carbocycles. The number of fused-ring (bicyclic) bond motifs is 1. The van der Waals surface area contributed by atoms with Crippen LogP contribution in [0.25, 0.3) is 10.9 Å². The summed E-state index contributed by atoms with van der Waals surface area (Å²) in [5.74, 6) is 0.115. The lowest BCUT2D eigenvalue weighted by Crippen LogP contribution is -2.17. The second kappa shape index (κ2) is 5.88. The van der Waals surface area contributed by atoms with E-state index < -0.39 is 0 Å². The van der Waals surface area contributed by atoms with Crippen molar-refractivity contribution < 1.29 is 4.79 Å². The van der Waals surface area contributed by atoms with Gasteiger partial charge in [-0.3, -0.25) is 15.1 Å². The van der Waals surface area contributed by atoms with Gasteiger partial charge in [0.25, 0.3) is 5.91 Å².